The first-order valence-electron chi connectivity index (χ1n) is 4.71. The van der Waals surface area contributed by atoms with Crippen LogP contribution in [-0.4, -0.2) is 13.7 Å². The lowest BCUT2D eigenvalue weighted by Crippen LogP contribution is -2.11. The van der Waals surface area contributed by atoms with E-state index in [1.165, 1.54) is 12.8 Å². The summed E-state index contributed by atoms with van der Waals surface area (Å²) in [5.41, 5.74) is 0. The van der Waals surface area contributed by atoms with E-state index in [0.717, 1.165) is 18.1 Å². The first-order valence-corrected chi connectivity index (χ1v) is 4.71. The van der Waals surface area contributed by atoms with Crippen LogP contribution in [0.2, 0.25) is 0 Å². The molecule has 0 radical (unpaired) electrons. The summed E-state index contributed by atoms with van der Waals surface area (Å²) < 4.78 is 10.6. The maximum atomic E-state index is 5.62. The summed E-state index contributed by atoms with van der Waals surface area (Å²) in [5.74, 6) is 1.95. The summed E-state index contributed by atoms with van der Waals surface area (Å²) in [6, 6.07) is 4.45. The van der Waals surface area contributed by atoms with Crippen molar-refractivity contribution in [3.8, 4) is 0 Å². The second-order valence-electron chi connectivity index (χ2n) is 3.39. The molecule has 0 aliphatic carbocycles. The van der Waals surface area contributed by atoms with Gasteiger partial charge in [-0.15, -0.1) is 0 Å². The highest BCUT2D eigenvalue weighted by Gasteiger charge is 2.19. The van der Waals surface area contributed by atoms with Gasteiger partial charge in [-0.2, -0.15) is 0 Å². The van der Waals surface area contributed by atoms with Gasteiger partial charge < -0.3 is 14.5 Å². The molecule has 2 heterocycles. The molecule has 72 valence electrons. The SMILES string of the molecule is COCc1ccc([C@H]2CCCN2)o1. The third-order valence-electron chi connectivity index (χ3n) is 2.37. The van der Waals surface area contributed by atoms with Crippen LogP contribution in [0.4, 0.5) is 0 Å². The molecule has 0 unspecified atom stereocenters. The van der Waals surface area contributed by atoms with Gasteiger partial charge >= 0.3 is 0 Å². The van der Waals surface area contributed by atoms with Crippen LogP contribution >= 0.6 is 0 Å². The molecule has 0 spiro atoms. The molecule has 1 aromatic heterocycles. The Balaban J connectivity index is 2.03. The summed E-state index contributed by atoms with van der Waals surface area (Å²) in [6.07, 6.45) is 2.42. The van der Waals surface area contributed by atoms with Crippen molar-refractivity contribution in [1.29, 1.82) is 0 Å². The Morgan fingerprint density at radius 3 is 3.23 bits per heavy atom. The highest BCUT2D eigenvalue weighted by Crippen LogP contribution is 2.24. The molecule has 3 heteroatoms. The molecule has 0 amide bonds. The van der Waals surface area contributed by atoms with E-state index >= 15 is 0 Å². The zero-order valence-electron chi connectivity index (χ0n) is 7.88. The molecule has 0 bridgehead atoms. The first kappa shape index (κ1) is 8.78. The molecule has 13 heavy (non-hydrogen) atoms. The van der Waals surface area contributed by atoms with Gasteiger partial charge in [-0.05, 0) is 31.5 Å². The largest absolute Gasteiger partial charge is 0.462 e. The molecule has 1 aliphatic heterocycles. The molecule has 1 fully saturated rings. The van der Waals surface area contributed by atoms with E-state index in [1.54, 1.807) is 7.11 Å². The van der Waals surface area contributed by atoms with Crippen molar-refractivity contribution in [2.75, 3.05) is 13.7 Å². The van der Waals surface area contributed by atoms with Gasteiger partial charge in [0.2, 0.25) is 0 Å². The van der Waals surface area contributed by atoms with Crippen LogP contribution in [-0.2, 0) is 11.3 Å². The fourth-order valence-electron chi connectivity index (χ4n) is 1.73. The molecule has 1 saturated heterocycles. The molecular weight excluding hydrogens is 166 g/mol. The van der Waals surface area contributed by atoms with Crippen molar-refractivity contribution >= 4 is 0 Å². The monoisotopic (exact) mass is 181 g/mol. The Labute approximate surface area is 78.1 Å². The van der Waals surface area contributed by atoms with Gasteiger partial charge in [0, 0.05) is 7.11 Å². The Hall–Kier alpha value is -0.800. The fourth-order valence-corrected chi connectivity index (χ4v) is 1.73. The standard InChI is InChI=1S/C10H15NO2/c1-12-7-8-4-5-10(13-8)9-3-2-6-11-9/h4-5,9,11H,2-3,6-7H2,1H3/t9-/m1/s1. The smallest absolute Gasteiger partial charge is 0.129 e. The number of hydrogen-bond donors (Lipinski definition) is 1. The predicted molar refractivity (Wildman–Crippen MR) is 49.4 cm³/mol. The average Bonchev–Trinajstić information content (AvgIpc) is 2.70. The van der Waals surface area contributed by atoms with E-state index in [1.807, 2.05) is 12.1 Å². The van der Waals surface area contributed by atoms with Crippen molar-refractivity contribution in [3.63, 3.8) is 0 Å². The maximum absolute atomic E-state index is 5.62. The molecule has 0 saturated carbocycles. The highest BCUT2D eigenvalue weighted by atomic mass is 16.5. The molecule has 1 N–H and O–H groups in total. The molecule has 1 atom stereocenters. The van der Waals surface area contributed by atoms with E-state index in [0.29, 0.717) is 12.6 Å². The van der Waals surface area contributed by atoms with Gasteiger partial charge in [0.1, 0.15) is 18.1 Å². The minimum Gasteiger partial charge on any atom is -0.462 e. The second-order valence-corrected chi connectivity index (χ2v) is 3.39. The van der Waals surface area contributed by atoms with Crippen LogP contribution in [0.15, 0.2) is 16.5 Å². The van der Waals surface area contributed by atoms with E-state index < -0.39 is 0 Å². The van der Waals surface area contributed by atoms with Crippen LogP contribution in [0.5, 0.6) is 0 Å². The molecule has 1 aliphatic rings. The van der Waals surface area contributed by atoms with Crippen molar-refractivity contribution in [2.24, 2.45) is 0 Å². The molecule has 0 aromatic carbocycles. The number of rotatable bonds is 3. The summed E-state index contributed by atoms with van der Waals surface area (Å²) in [7, 11) is 1.68. The van der Waals surface area contributed by atoms with Crippen LogP contribution in [0.3, 0.4) is 0 Å². The zero-order valence-corrected chi connectivity index (χ0v) is 7.88. The Kier molecular flexibility index (Phi) is 2.66. The Bertz CT molecular complexity index is 264. The summed E-state index contributed by atoms with van der Waals surface area (Å²) >= 11 is 0. The maximum Gasteiger partial charge on any atom is 0.129 e. The average molecular weight is 181 g/mol. The van der Waals surface area contributed by atoms with Gasteiger partial charge in [0.05, 0.1) is 6.04 Å². The minimum absolute atomic E-state index is 0.422. The number of furan rings is 1. The molecule has 2 rings (SSSR count). The molecule has 1 aromatic rings. The van der Waals surface area contributed by atoms with Gasteiger partial charge in [-0.25, -0.2) is 0 Å². The number of methoxy groups -OCH3 is 1. The van der Waals surface area contributed by atoms with Crippen LogP contribution < -0.4 is 5.32 Å². The quantitative estimate of drug-likeness (QED) is 0.772. The third-order valence-corrected chi connectivity index (χ3v) is 2.37. The second kappa shape index (κ2) is 3.94. The van der Waals surface area contributed by atoms with Gasteiger partial charge in [-0.3, -0.25) is 0 Å². The van der Waals surface area contributed by atoms with Crippen LogP contribution in [0, 0.1) is 0 Å². The first-order chi connectivity index (χ1) is 6.40. The topological polar surface area (TPSA) is 34.4 Å². The number of hydrogen-bond acceptors (Lipinski definition) is 3. The summed E-state index contributed by atoms with van der Waals surface area (Å²) in [6.45, 7) is 1.66. The van der Waals surface area contributed by atoms with Gasteiger partial charge in [0.25, 0.3) is 0 Å². The Morgan fingerprint density at radius 1 is 1.62 bits per heavy atom. The summed E-state index contributed by atoms with van der Waals surface area (Å²) in [5, 5.41) is 3.39. The van der Waals surface area contributed by atoms with Gasteiger partial charge in [-0.1, -0.05) is 0 Å². The lowest BCUT2D eigenvalue weighted by Gasteiger charge is -2.05. The van der Waals surface area contributed by atoms with E-state index in [4.69, 9.17) is 9.15 Å². The van der Waals surface area contributed by atoms with Crippen molar-refractivity contribution in [2.45, 2.75) is 25.5 Å². The third kappa shape index (κ3) is 1.92. The molecular formula is C10H15NO2. The number of ether oxygens (including phenoxy) is 1. The number of nitrogens with one attached hydrogen (secondary N) is 1. The van der Waals surface area contributed by atoms with E-state index in [9.17, 15) is 0 Å². The normalized spacial score (nSPS) is 22.4. The minimum atomic E-state index is 0.422. The molecule has 3 nitrogen and oxygen atoms in total. The lowest BCUT2D eigenvalue weighted by atomic mass is 10.2. The zero-order chi connectivity index (χ0) is 9.10. The van der Waals surface area contributed by atoms with E-state index in [-0.39, 0.29) is 0 Å². The summed E-state index contributed by atoms with van der Waals surface area (Å²) in [4.78, 5) is 0. The predicted octanol–water partition coefficient (Wildman–Crippen LogP) is 1.85. The van der Waals surface area contributed by atoms with Crippen molar-refractivity contribution in [1.82, 2.24) is 5.32 Å². The van der Waals surface area contributed by atoms with Gasteiger partial charge in [0.15, 0.2) is 0 Å². The van der Waals surface area contributed by atoms with Crippen molar-refractivity contribution in [3.05, 3.63) is 23.7 Å². The highest BCUT2D eigenvalue weighted by molar-refractivity contribution is 5.11. The van der Waals surface area contributed by atoms with Crippen LogP contribution in [0.25, 0.3) is 0 Å². The van der Waals surface area contributed by atoms with Crippen molar-refractivity contribution < 1.29 is 9.15 Å². The Morgan fingerprint density at radius 2 is 2.54 bits per heavy atom. The van der Waals surface area contributed by atoms with Crippen LogP contribution in [0.1, 0.15) is 30.4 Å². The van der Waals surface area contributed by atoms with E-state index in [2.05, 4.69) is 5.32 Å². The fraction of sp³-hybridized carbons (Fsp3) is 0.600. The lowest BCUT2D eigenvalue weighted by molar-refractivity contribution is 0.161.